The van der Waals surface area contributed by atoms with E-state index in [9.17, 15) is 17.6 Å². The maximum Gasteiger partial charge on any atom is 0.389 e. The fourth-order valence-electron chi connectivity index (χ4n) is 1.66. The summed E-state index contributed by atoms with van der Waals surface area (Å²) in [5.74, 6) is -0.248. The monoisotopic (exact) mass is 279 g/mol. The molecule has 0 saturated carbocycles. The molecule has 0 aliphatic rings. The molecule has 1 atom stereocenters. The van der Waals surface area contributed by atoms with Crippen LogP contribution in [0, 0.1) is 5.82 Å². The number of alkyl halides is 3. The van der Waals surface area contributed by atoms with Crippen molar-refractivity contribution in [1.82, 2.24) is 0 Å². The molecule has 2 nitrogen and oxygen atoms in total. The van der Waals surface area contributed by atoms with Gasteiger partial charge in [0.05, 0.1) is 6.61 Å². The molecule has 0 saturated heterocycles. The van der Waals surface area contributed by atoms with E-state index in [0.29, 0.717) is 12.0 Å². The quantitative estimate of drug-likeness (QED) is 0.639. The van der Waals surface area contributed by atoms with Gasteiger partial charge in [-0.05, 0) is 37.5 Å². The number of hydrogen-bond acceptors (Lipinski definition) is 2. The number of ether oxygens (including phenoxy) is 1. The second-order valence-corrected chi connectivity index (χ2v) is 4.54. The molecule has 0 aliphatic carbocycles. The lowest BCUT2D eigenvalue weighted by molar-refractivity contribution is -0.136. The van der Waals surface area contributed by atoms with Crippen LogP contribution in [0.2, 0.25) is 0 Å². The lowest BCUT2D eigenvalue weighted by Crippen LogP contribution is -2.17. The Morgan fingerprint density at radius 2 is 1.95 bits per heavy atom. The Labute approximate surface area is 109 Å². The van der Waals surface area contributed by atoms with Gasteiger partial charge in [0.15, 0.2) is 0 Å². The Kier molecular flexibility index (Phi) is 5.60. The van der Waals surface area contributed by atoms with Gasteiger partial charge in [-0.15, -0.1) is 0 Å². The van der Waals surface area contributed by atoms with Crippen molar-refractivity contribution < 1.29 is 22.3 Å². The molecular formula is C13H17F4NO. The topological polar surface area (TPSA) is 35.2 Å². The highest BCUT2D eigenvalue weighted by Crippen LogP contribution is 2.22. The molecular weight excluding hydrogens is 262 g/mol. The summed E-state index contributed by atoms with van der Waals surface area (Å²) in [6, 6.07) is 3.96. The normalized spacial score (nSPS) is 13.4. The van der Waals surface area contributed by atoms with Gasteiger partial charge in [0.25, 0.3) is 0 Å². The zero-order valence-corrected chi connectivity index (χ0v) is 10.6. The summed E-state index contributed by atoms with van der Waals surface area (Å²) in [5, 5.41) is 0. The lowest BCUT2D eigenvalue weighted by Gasteiger charge is -2.11. The first-order chi connectivity index (χ1) is 8.76. The molecule has 1 aromatic rings. The lowest BCUT2D eigenvalue weighted by atomic mass is 10.1. The molecule has 0 fully saturated rings. The third-order valence-electron chi connectivity index (χ3n) is 2.36. The molecule has 0 heterocycles. The minimum Gasteiger partial charge on any atom is -0.493 e. The number of nitrogens with two attached hydrogens (primary N) is 1. The zero-order chi connectivity index (χ0) is 14.5. The van der Waals surface area contributed by atoms with E-state index < -0.39 is 18.4 Å². The minimum absolute atomic E-state index is 0.0966. The van der Waals surface area contributed by atoms with Crippen LogP contribution in [0.25, 0.3) is 0 Å². The minimum atomic E-state index is -4.19. The van der Waals surface area contributed by atoms with Crippen LogP contribution in [0.1, 0.15) is 25.3 Å². The van der Waals surface area contributed by atoms with Crippen LogP contribution >= 0.6 is 0 Å². The van der Waals surface area contributed by atoms with Gasteiger partial charge in [0.1, 0.15) is 11.6 Å². The van der Waals surface area contributed by atoms with E-state index in [-0.39, 0.29) is 24.8 Å². The van der Waals surface area contributed by atoms with Gasteiger partial charge in [0.2, 0.25) is 0 Å². The molecule has 0 aromatic heterocycles. The van der Waals surface area contributed by atoms with Crippen molar-refractivity contribution in [2.45, 2.75) is 38.4 Å². The van der Waals surface area contributed by atoms with Crippen molar-refractivity contribution in [3.63, 3.8) is 0 Å². The van der Waals surface area contributed by atoms with Crippen molar-refractivity contribution in [3.8, 4) is 5.75 Å². The maximum absolute atomic E-state index is 13.3. The summed E-state index contributed by atoms with van der Waals surface area (Å²) in [7, 11) is 0. The van der Waals surface area contributed by atoms with E-state index in [2.05, 4.69) is 0 Å². The predicted octanol–water partition coefficient (Wildman–Crippen LogP) is 3.44. The highest BCUT2D eigenvalue weighted by molar-refractivity contribution is 5.30. The fraction of sp³-hybridized carbons (Fsp3) is 0.538. The molecule has 0 bridgehead atoms. The average Bonchev–Trinajstić information content (AvgIpc) is 2.21. The highest BCUT2D eigenvalue weighted by Gasteiger charge is 2.26. The zero-order valence-electron chi connectivity index (χ0n) is 10.6. The molecule has 6 heteroatoms. The second kappa shape index (κ2) is 6.75. The maximum atomic E-state index is 13.3. The molecule has 0 aliphatic heterocycles. The Hall–Kier alpha value is -1.30. The van der Waals surface area contributed by atoms with Crippen molar-refractivity contribution in [2.75, 3.05) is 6.61 Å². The fourth-order valence-corrected chi connectivity index (χ4v) is 1.66. The van der Waals surface area contributed by atoms with Crippen molar-refractivity contribution in [1.29, 1.82) is 0 Å². The summed E-state index contributed by atoms with van der Waals surface area (Å²) in [6.45, 7) is 1.69. The van der Waals surface area contributed by atoms with Crippen LogP contribution in [0.3, 0.4) is 0 Å². The Bertz CT molecular complexity index is 404. The van der Waals surface area contributed by atoms with Crippen LogP contribution < -0.4 is 10.5 Å². The van der Waals surface area contributed by atoms with Crippen LogP contribution in [0.15, 0.2) is 18.2 Å². The van der Waals surface area contributed by atoms with E-state index in [1.165, 1.54) is 6.07 Å². The summed E-state index contributed by atoms with van der Waals surface area (Å²) in [6.07, 6.45) is -4.76. The Balaban J connectivity index is 2.51. The van der Waals surface area contributed by atoms with E-state index in [0.717, 1.165) is 6.07 Å². The number of benzene rings is 1. The molecule has 0 amide bonds. The van der Waals surface area contributed by atoms with Crippen molar-refractivity contribution in [3.05, 3.63) is 29.6 Å². The molecule has 0 radical (unpaired) electrons. The molecule has 0 spiro atoms. The summed E-state index contributed by atoms with van der Waals surface area (Å²) < 4.78 is 54.2. The first-order valence-electron chi connectivity index (χ1n) is 6.01. The summed E-state index contributed by atoms with van der Waals surface area (Å²) in [4.78, 5) is 0. The van der Waals surface area contributed by atoms with Gasteiger partial charge >= 0.3 is 6.18 Å². The van der Waals surface area contributed by atoms with Crippen LogP contribution in [0.5, 0.6) is 5.75 Å². The third-order valence-corrected chi connectivity index (χ3v) is 2.36. The number of rotatable bonds is 6. The van der Waals surface area contributed by atoms with E-state index in [1.54, 1.807) is 13.0 Å². The van der Waals surface area contributed by atoms with Gasteiger partial charge < -0.3 is 10.5 Å². The SMILES string of the molecule is CC(N)Cc1cc(F)cc(OCCCC(F)(F)F)c1. The highest BCUT2D eigenvalue weighted by atomic mass is 19.4. The summed E-state index contributed by atoms with van der Waals surface area (Å²) >= 11 is 0. The largest absolute Gasteiger partial charge is 0.493 e. The molecule has 1 unspecified atom stereocenters. The van der Waals surface area contributed by atoms with Gasteiger partial charge in [-0.2, -0.15) is 13.2 Å². The van der Waals surface area contributed by atoms with E-state index in [4.69, 9.17) is 10.5 Å². The van der Waals surface area contributed by atoms with E-state index >= 15 is 0 Å². The molecule has 1 aromatic carbocycles. The first kappa shape index (κ1) is 15.8. The van der Waals surface area contributed by atoms with Crippen LogP contribution in [0.4, 0.5) is 17.6 Å². The predicted molar refractivity (Wildman–Crippen MR) is 64.5 cm³/mol. The smallest absolute Gasteiger partial charge is 0.389 e. The van der Waals surface area contributed by atoms with Crippen molar-refractivity contribution >= 4 is 0 Å². The van der Waals surface area contributed by atoms with Gasteiger partial charge in [-0.1, -0.05) is 0 Å². The third kappa shape index (κ3) is 7.00. The number of halogens is 4. The van der Waals surface area contributed by atoms with Crippen LogP contribution in [-0.2, 0) is 6.42 Å². The first-order valence-corrected chi connectivity index (χ1v) is 6.01. The van der Waals surface area contributed by atoms with Gasteiger partial charge in [0, 0.05) is 18.5 Å². The molecule has 2 N–H and O–H groups in total. The second-order valence-electron chi connectivity index (χ2n) is 4.54. The van der Waals surface area contributed by atoms with Gasteiger partial charge in [-0.25, -0.2) is 4.39 Å². The van der Waals surface area contributed by atoms with Gasteiger partial charge in [-0.3, -0.25) is 0 Å². The molecule has 1 rings (SSSR count). The average molecular weight is 279 g/mol. The Morgan fingerprint density at radius 1 is 1.26 bits per heavy atom. The molecule has 19 heavy (non-hydrogen) atoms. The van der Waals surface area contributed by atoms with Crippen LogP contribution in [-0.4, -0.2) is 18.8 Å². The summed E-state index contributed by atoms with van der Waals surface area (Å²) in [5.41, 5.74) is 6.27. The Morgan fingerprint density at radius 3 is 2.53 bits per heavy atom. The standard InChI is InChI=1S/C13H17F4NO/c1-9(18)5-10-6-11(14)8-12(7-10)19-4-2-3-13(15,16)17/h6-9H,2-5,18H2,1H3. The number of hydrogen-bond donors (Lipinski definition) is 1. The van der Waals surface area contributed by atoms with E-state index in [1.807, 2.05) is 0 Å². The molecule has 108 valence electrons. The van der Waals surface area contributed by atoms with Crippen molar-refractivity contribution in [2.24, 2.45) is 5.73 Å².